The van der Waals surface area contributed by atoms with Gasteiger partial charge in [-0.15, -0.1) is 0 Å². The monoisotopic (exact) mass is 482 g/mol. The Morgan fingerprint density at radius 3 is 1.77 bits per heavy atom. The van der Waals surface area contributed by atoms with Gasteiger partial charge >= 0.3 is 51.4 Å². The number of unbranched alkanes of at least 4 members (excludes halogenated alkanes) is 13. The van der Waals surface area contributed by atoms with Crippen molar-refractivity contribution in [1.29, 1.82) is 0 Å². The maximum Gasteiger partial charge on any atom is 1.00 e. The first-order chi connectivity index (χ1) is 14.3. The maximum atomic E-state index is 11.3. The molecular formula is C24H43KO5S. The molecule has 0 aliphatic carbocycles. The zero-order valence-corrected chi connectivity index (χ0v) is 23.9. The zero-order valence-electron chi connectivity index (χ0n) is 20.9. The molecule has 1 rings (SSSR count). The first kappa shape index (κ1) is 31.4. The number of phenolic OH excluding ortho intramolecular Hbond substituents is 1. The Balaban J connectivity index is 0. The van der Waals surface area contributed by atoms with Crippen molar-refractivity contribution in [3.63, 3.8) is 0 Å². The molecule has 5 nitrogen and oxygen atoms in total. The predicted molar refractivity (Wildman–Crippen MR) is 124 cm³/mol. The number of hydrogen-bond acceptors (Lipinski definition) is 4. The molecule has 0 heterocycles. The SMILES string of the molecule is CCCCCCCCCCCCCCCCC(C)Oc1ccc(O)c(S(=O)(=O)O)c1.[H-].[K+]. The van der Waals surface area contributed by atoms with E-state index in [1.165, 1.54) is 95.6 Å². The van der Waals surface area contributed by atoms with Gasteiger partial charge in [0.05, 0.1) is 6.10 Å². The summed E-state index contributed by atoms with van der Waals surface area (Å²) >= 11 is 0. The zero-order chi connectivity index (χ0) is 22.2. The third kappa shape index (κ3) is 15.8. The van der Waals surface area contributed by atoms with E-state index in [-0.39, 0.29) is 58.9 Å². The van der Waals surface area contributed by atoms with Crippen LogP contribution in [-0.4, -0.2) is 24.2 Å². The van der Waals surface area contributed by atoms with Crippen LogP contribution in [-0.2, 0) is 10.1 Å². The molecule has 2 N–H and O–H groups in total. The van der Waals surface area contributed by atoms with E-state index in [1.807, 2.05) is 6.92 Å². The van der Waals surface area contributed by atoms with E-state index in [2.05, 4.69) is 6.92 Å². The van der Waals surface area contributed by atoms with Crippen LogP contribution in [0.5, 0.6) is 11.5 Å². The molecule has 176 valence electrons. The van der Waals surface area contributed by atoms with Gasteiger partial charge in [-0.05, 0) is 31.9 Å². The van der Waals surface area contributed by atoms with E-state index in [9.17, 15) is 13.5 Å². The van der Waals surface area contributed by atoms with Gasteiger partial charge in [-0.1, -0.05) is 90.4 Å². The van der Waals surface area contributed by atoms with E-state index in [0.29, 0.717) is 5.75 Å². The van der Waals surface area contributed by atoms with Gasteiger partial charge in [0, 0.05) is 6.07 Å². The molecule has 31 heavy (non-hydrogen) atoms. The average Bonchev–Trinajstić information content (AvgIpc) is 2.69. The summed E-state index contributed by atoms with van der Waals surface area (Å²) in [5.41, 5.74) is 0. The van der Waals surface area contributed by atoms with Crippen molar-refractivity contribution in [3.8, 4) is 11.5 Å². The molecule has 0 saturated carbocycles. The number of hydrogen-bond donors (Lipinski definition) is 2. The summed E-state index contributed by atoms with van der Waals surface area (Å²) in [7, 11) is -4.46. The summed E-state index contributed by atoms with van der Waals surface area (Å²) in [6, 6.07) is 3.88. The summed E-state index contributed by atoms with van der Waals surface area (Å²) < 4.78 is 37.4. The quantitative estimate of drug-likeness (QED) is 0.184. The molecule has 0 aromatic heterocycles. The number of aromatic hydroxyl groups is 1. The van der Waals surface area contributed by atoms with Crippen molar-refractivity contribution in [2.24, 2.45) is 0 Å². The van der Waals surface area contributed by atoms with Crippen LogP contribution in [0.1, 0.15) is 112 Å². The van der Waals surface area contributed by atoms with Crippen LogP contribution in [0.25, 0.3) is 0 Å². The first-order valence-electron chi connectivity index (χ1n) is 11.8. The first-order valence-corrected chi connectivity index (χ1v) is 13.3. The van der Waals surface area contributed by atoms with Crippen LogP contribution < -0.4 is 56.1 Å². The van der Waals surface area contributed by atoms with Gasteiger partial charge in [-0.25, -0.2) is 0 Å². The normalized spacial score (nSPS) is 12.4. The number of phenols is 1. The summed E-state index contributed by atoms with van der Waals surface area (Å²) in [5, 5.41) is 9.55. The van der Waals surface area contributed by atoms with Crippen molar-refractivity contribution in [3.05, 3.63) is 18.2 Å². The van der Waals surface area contributed by atoms with Crippen LogP contribution in [0, 0.1) is 0 Å². The molecule has 1 aromatic carbocycles. The van der Waals surface area contributed by atoms with E-state index in [0.717, 1.165) is 18.9 Å². The van der Waals surface area contributed by atoms with Gasteiger partial charge in [0.1, 0.15) is 16.4 Å². The number of benzene rings is 1. The summed E-state index contributed by atoms with van der Waals surface area (Å²) in [4.78, 5) is -0.524. The predicted octanol–water partition coefficient (Wildman–Crippen LogP) is 4.39. The van der Waals surface area contributed by atoms with Crippen LogP contribution in [0.2, 0.25) is 0 Å². The summed E-state index contributed by atoms with van der Waals surface area (Å²) in [5.74, 6) is -0.150. The van der Waals surface area contributed by atoms with Gasteiger partial charge in [-0.2, -0.15) is 8.42 Å². The smallest absolute Gasteiger partial charge is 1.00 e. The fraction of sp³-hybridized carbons (Fsp3) is 0.750. The Morgan fingerprint density at radius 1 is 0.871 bits per heavy atom. The molecule has 7 heteroatoms. The minimum absolute atomic E-state index is 0. The molecule has 0 amide bonds. The molecule has 0 fully saturated rings. The molecule has 0 bridgehead atoms. The van der Waals surface area contributed by atoms with E-state index in [4.69, 9.17) is 9.29 Å². The van der Waals surface area contributed by atoms with Crippen LogP contribution in [0.4, 0.5) is 0 Å². The van der Waals surface area contributed by atoms with Gasteiger partial charge in [0.2, 0.25) is 0 Å². The van der Waals surface area contributed by atoms with E-state index in [1.54, 1.807) is 0 Å². The average molecular weight is 483 g/mol. The Bertz CT molecular complexity index is 685. The maximum absolute atomic E-state index is 11.3. The van der Waals surface area contributed by atoms with Crippen LogP contribution >= 0.6 is 0 Å². The van der Waals surface area contributed by atoms with Crippen molar-refractivity contribution >= 4 is 10.1 Å². The fourth-order valence-corrected chi connectivity index (χ4v) is 4.29. The second-order valence-electron chi connectivity index (χ2n) is 8.42. The van der Waals surface area contributed by atoms with Gasteiger partial charge in [-0.3, -0.25) is 4.55 Å². The largest absolute Gasteiger partial charge is 1.00 e. The third-order valence-electron chi connectivity index (χ3n) is 5.51. The molecule has 0 radical (unpaired) electrons. The molecule has 0 aliphatic heterocycles. The van der Waals surface area contributed by atoms with Crippen molar-refractivity contribution < 1.29 is 75.6 Å². The second kappa shape index (κ2) is 18.8. The Morgan fingerprint density at radius 2 is 1.32 bits per heavy atom. The molecule has 1 aromatic rings. The minimum Gasteiger partial charge on any atom is -1.00 e. The van der Waals surface area contributed by atoms with Gasteiger partial charge in [0.15, 0.2) is 0 Å². The Kier molecular flexibility index (Phi) is 19.0. The number of rotatable bonds is 18. The van der Waals surface area contributed by atoms with Crippen LogP contribution in [0.3, 0.4) is 0 Å². The standard InChI is InChI=1S/C24H42O5S.K.H/c1-3-4-5-6-7-8-9-10-11-12-13-14-15-16-17-21(2)29-22-18-19-23(25)24(20-22)30(26,27)28;;/h18-21,25H,3-17H2,1-2H3,(H,26,27,28);;/q;+1;-1. The van der Waals surface area contributed by atoms with Crippen LogP contribution in [0.15, 0.2) is 23.1 Å². The van der Waals surface area contributed by atoms with Crippen molar-refractivity contribution in [2.75, 3.05) is 0 Å². The minimum atomic E-state index is -4.46. The van der Waals surface area contributed by atoms with Crippen molar-refractivity contribution in [1.82, 2.24) is 0 Å². The fourth-order valence-electron chi connectivity index (χ4n) is 3.69. The molecule has 1 atom stereocenters. The third-order valence-corrected chi connectivity index (χ3v) is 6.39. The molecule has 0 saturated heterocycles. The second-order valence-corrected chi connectivity index (χ2v) is 9.81. The molecule has 1 unspecified atom stereocenters. The summed E-state index contributed by atoms with van der Waals surface area (Å²) in [6.07, 6.45) is 19.4. The Hall–Kier alpha value is 0.366. The van der Waals surface area contributed by atoms with E-state index < -0.39 is 20.8 Å². The molecular weight excluding hydrogens is 439 g/mol. The van der Waals surface area contributed by atoms with E-state index >= 15 is 0 Å². The van der Waals surface area contributed by atoms with Crippen molar-refractivity contribution in [2.45, 2.75) is 121 Å². The van der Waals surface area contributed by atoms with Gasteiger partial charge < -0.3 is 11.3 Å². The Labute approximate surface area is 234 Å². The molecule has 0 spiro atoms. The topological polar surface area (TPSA) is 83.8 Å². The van der Waals surface area contributed by atoms with Gasteiger partial charge in [0.25, 0.3) is 10.1 Å². The molecule has 0 aliphatic rings. The number of ether oxygens (including phenoxy) is 1. The summed E-state index contributed by atoms with van der Waals surface area (Å²) in [6.45, 7) is 4.21.